The van der Waals surface area contributed by atoms with Crippen molar-refractivity contribution in [2.24, 2.45) is 23.7 Å². The summed E-state index contributed by atoms with van der Waals surface area (Å²) in [6, 6.07) is 2.46. The molecule has 2 aliphatic heterocycles. The second-order valence-electron chi connectivity index (χ2n) is 11.9. The van der Waals surface area contributed by atoms with Gasteiger partial charge in [-0.15, -0.1) is 0 Å². The maximum Gasteiger partial charge on any atom is 0.0161 e. The molecule has 2 heterocycles. The number of nitrogens with one attached hydrogen (secondary N) is 1. The summed E-state index contributed by atoms with van der Waals surface area (Å²) in [4.78, 5) is 3.08. The number of rotatable bonds is 1. The van der Waals surface area contributed by atoms with Crippen LogP contribution in [0.15, 0.2) is 0 Å². The first-order valence-corrected chi connectivity index (χ1v) is 11.7. The third-order valence-electron chi connectivity index (χ3n) is 8.79. The molecule has 2 saturated carbocycles. The summed E-state index contributed by atoms with van der Waals surface area (Å²) in [7, 11) is 0. The highest BCUT2D eigenvalue weighted by atomic mass is 15.3. The van der Waals surface area contributed by atoms with Gasteiger partial charge in [0.25, 0.3) is 0 Å². The summed E-state index contributed by atoms with van der Waals surface area (Å²) in [6.07, 6.45) is 12.9. The monoisotopic (exact) mass is 360 g/mol. The van der Waals surface area contributed by atoms with Crippen molar-refractivity contribution in [1.82, 2.24) is 10.2 Å². The van der Waals surface area contributed by atoms with E-state index in [1.54, 1.807) is 0 Å². The van der Waals surface area contributed by atoms with Crippen molar-refractivity contribution >= 4 is 0 Å². The Labute approximate surface area is 162 Å². The van der Waals surface area contributed by atoms with Crippen LogP contribution in [-0.2, 0) is 0 Å². The van der Waals surface area contributed by atoms with Crippen LogP contribution in [0.3, 0.4) is 0 Å². The Balaban J connectivity index is 1.54. The normalized spacial score (nSPS) is 48.5. The van der Waals surface area contributed by atoms with Gasteiger partial charge in [-0.3, -0.25) is 4.90 Å². The molecule has 7 unspecified atom stereocenters. The smallest absolute Gasteiger partial charge is 0.0161 e. The minimum Gasteiger partial charge on any atom is -0.309 e. The molecule has 2 saturated heterocycles. The zero-order chi connectivity index (χ0) is 18.7. The second-order valence-corrected chi connectivity index (χ2v) is 11.9. The van der Waals surface area contributed by atoms with Crippen molar-refractivity contribution < 1.29 is 0 Å². The van der Waals surface area contributed by atoms with Gasteiger partial charge in [-0.05, 0) is 96.3 Å². The van der Waals surface area contributed by atoms with Gasteiger partial charge in [-0.2, -0.15) is 0 Å². The highest BCUT2D eigenvalue weighted by Crippen LogP contribution is 2.49. The van der Waals surface area contributed by atoms with E-state index in [0.29, 0.717) is 11.1 Å². The Hall–Kier alpha value is -0.0800. The fraction of sp³-hybridized carbons (Fsp3) is 1.00. The van der Waals surface area contributed by atoms with Gasteiger partial charge in [-0.1, -0.05) is 26.7 Å². The first kappa shape index (κ1) is 19.2. The summed E-state index contributed by atoms with van der Waals surface area (Å²) in [5.41, 5.74) is 0.724. The van der Waals surface area contributed by atoms with E-state index >= 15 is 0 Å². The third kappa shape index (κ3) is 3.39. The van der Waals surface area contributed by atoms with Crippen molar-refractivity contribution in [3.05, 3.63) is 0 Å². The lowest BCUT2D eigenvalue weighted by atomic mass is 9.63. The molecular formula is C24H44N2. The molecular weight excluding hydrogens is 316 g/mol. The molecule has 0 aromatic rings. The number of piperidine rings is 2. The summed E-state index contributed by atoms with van der Waals surface area (Å²) in [5, 5.41) is 4.01. The molecule has 150 valence electrons. The number of hydrogen-bond acceptors (Lipinski definition) is 2. The van der Waals surface area contributed by atoms with Crippen LogP contribution >= 0.6 is 0 Å². The van der Waals surface area contributed by atoms with E-state index in [-0.39, 0.29) is 0 Å². The summed E-state index contributed by atoms with van der Waals surface area (Å²) >= 11 is 0. The molecule has 0 aromatic carbocycles. The van der Waals surface area contributed by atoms with E-state index in [1.807, 2.05) is 0 Å². The van der Waals surface area contributed by atoms with E-state index in [2.05, 4.69) is 51.8 Å². The molecule has 4 aliphatic rings. The van der Waals surface area contributed by atoms with Gasteiger partial charge in [0.05, 0.1) is 0 Å². The lowest BCUT2D eigenvalue weighted by molar-refractivity contribution is -0.104. The largest absolute Gasteiger partial charge is 0.309 e. The molecule has 0 spiro atoms. The first-order chi connectivity index (χ1) is 12.2. The van der Waals surface area contributed by atoms with E-state index < -0.39 is 0 Å². The van der Waals surface area contributed by atoms with Crippen LogP contribution in [0.5, 0.6) is 0 Å². The summed E-state index contributed by atoms with van der Waals surface area (Å²) in [6.45, 7) is 15.0. The van der Waals surface area contributed by atoms with Crippen LogP contribution in [0.4, 0.5) is 0 Å². The maximum absolute atomic E-state index is 4.01. The Morgan fingerprint density at radius 3 is 2.27 bits per heavy atom. The van der Waals surface area contributed by atoms with E-state index in [1.165, 1.54) is 57.8 Å². The molecule has 2 nitrogen and oxygen atoms in total. The zero-order valence-corrected chi connectivity index (χ0v) is 18.4. The Morgan fingerprint density at radius 1 is 0.808 bits per heavy atom. The Kier molecular flexibility index (Phi) is 5.01. The highest BCUT2D eigenvalue weighted by Gasteiger charge is 2.51. The molecule has 1 N–H and O–H groups in total. The number of likely N-dealkylation sites (tertiary alicyclic amines) is 1. The van der Waals surface area contributed by atoms with Gasteiger partial charge in [0.1, 0.15) is 0 Å². The van der Waals surface area contributed by atoms with Gasteiger partial charge < -0.3 is 5.32 Å². The predicted octanol–water partition coefficient (Wildman–Crippen LogP) is 5.61. The number of fused-ring (bicyclic) bond motifs is 2. The molecule has 26 heavy (non-hydrogen) atoms. The van der Waals surface area contributed by atoms with Crippen molar-refractivity contribution in [2.75, 3.05) is 0 Å². The standard InChI is InChI=1S/C24H44N2/c1-16-14-23(3,4)25-21-12-11-18(13-20(16)21)26-22-10-8-7-9-19(22)17(2)15-24(26,5)6/h16-22,25H,7-15H2,1-6H3. The Bertz CT molecular complexity index is 510. The van der Waals surface area contributed by atoms with Crippen LogP contribution < -0.4 is 5.32 Å². The minimum atomic E-state index is 0.335. The topological polar surface area (TPSA) is 15.3 Å². The van der Waals surface area contributed by atoms with Crippen molar-refractivity contribution in [3.63, 3.8) is 0 Å². The lowest BCUT2D eigenvalue weighted by Crippen LogP contribution is -2.66. The maximum atomic E-state index is 4.01. The fourth-order valence-electron chi connectivity index (χ4n) is 8.17. The zero-order valence-electron chi connectivity index (χ0n) is 18.4. The van der Waals surface area contributed by atoms with Gasteiger partial charge in [0.2, 0.25) is 0 Å². The van der Waals surface area contributed by atoms with E-state index in [9.17, 15) is 0 Å². The van der Waals surface area contributed by atoms with Gasteiger partial charge in [0, 0.05) is 29.2 Å². The summed E-state index contributed by atoms with van der Waals surface area (Å²) in [5.74, 6) is 3.64. The van der Waals surface area contributed by atoms with Gasteiger partial charge in [-0.25, -0.2) is 0 Å². The Morgan fingerprint density at radius 2 is 1.50 bits per heavy atom. The molecule has 0 aromatic heterocycles. The van der Waals surface area contributed by atoms with Crippen LogP contribution in [0.25, 0.3) is 0 Å². The average molecular weight is 361 g/mol. The molecule has 0 amide bonds. The van der Waals surface area contributed by atoms with Crippen LogP contribution in [-0.4, -0.2) is 34.1 Å². The third-order valence-corrected chi connectivity index (χ3v) is 8.79. The molecule has 0 radical (unpaired) electrons. The van der Waals surface area contributed by atoms with Gasteiger partial charge in [0.15, 0.2) is 0 Å². The van der Waals surface area contributed by atoms with Crippen molar-refractivity contribution in [2.45, 2.75) is 129 Å². The SMILES string of the molecule is CC1CC(C)(C)NC2CCC(N3C4CCCCC4C(C)CC3(C)C)CC12. The number of hydrogen-bond donors (Lipinski definition) is 1. The lowest BCUT2D eigenvalue weighted by Gasteiger charge is -2.61. The fourth-order valence-corrected chi connectivity index (χ4v) is 8.17. The van der Waals surface area contributed by atoms with Crippen LogP contribution in [0.2, 0.25) is 0 Å². The van der Waals surface area contributed by atoms with Crippen LogP contribution in [0.1, 0.15) is 99.3 Å². The minimum absolute atomic E-state index is 0.335. The highest BCUT2D eigenvalue weighted by molar-refractivity contribution is 5.06. The molecule has 2 aliphatic carbocycles. The average Bonchev–Trinajstić information content (AvgIpc) is 2.53. The van der Waals surface area contributed by atoms with Crippen molar-refractivity contribution in [1.29, 1.82) is 0 Å². The molecule has 2 heteroatoms. The van der Waals surface area contributed by atoms with Crippen molar-refractivity contribution in [3.8, 4) is 0 Å². The molecule has 4 fully saturated rings. The second kappa shape index (κ2) is 6.76. The van der Waals surface area contributed by atoms with Gasteiger partial charge >= 0.3 is 0 Å². The first-order valence-electron chi connectivity index (χ1n) is 11.7. The van der Waals surface area contributed by atoms with E-state index in [0.717, 1.165) is 41.8 Å². The number of nitrogens with zero attached hydrogens (tertiary/aromatic N) is 1. The predicted molar refractivity (Wildman–Crippen MR) is 111 cm³/mol. The molecule has 7 atom stereocenters. The van der Waals surface area contributed by atoms with E-state index in [4.69, 9.17) is 0 Å². The molecule has 0 bridgehead atoms. The van der Waals surface area contributed by atoms with Crippen LogP contribution in [0, 0.1) is 23.7 Å². The quantitative estimate of drug-likeness (QED) is 0.654. The molecule has 4 rings (SSSR count). The summed E-state index contributed by atoms with van der Waals surface area (Å²) < 4.78 is 0.